The van der Waals surface area contributed by atoms with E-state index in [-0.39, 0.29) is 81.1 Å². The smallest absolute Gasteiger partial charge is 0.419 e. The molecule has 21 rings (SSSR count). The summed E-state index contributed by atoms with van der Waals surface area (Å²) in [6, 6.07) is 31.4. The summed E-state index contributed by atoms with van der Waals surface area (Å²) < 4.78 is 22.8. The summed E-state index contributed by atoms with van der Waals surface area (Å²) in [6.07, 6.45) is 5.94. The van der Waals surface area contributed by atoms with E-state index >= 15 is 0 Å². The zero-order chi connectivity index (χ0) is 86.1. The molecule has 8 fully saturated rings. The van der Waals surface area contributed by atoms with Crippen LogP contribution in [-0.2, 0) is 19.0 Å². The van der Waals surface area contributed by atoms with Gasteiger partial charge < -0.3 is 74.3 Å². The number of nitrogens with zero attached hydrogens (tertiary/aromatic N) is 9. The number of ether oxygens (including phenoxy) is 3. The summed E-state index contributed by atoms with van der Waals surface area (Å²) in [6.45, 7) is 19.3. The molecule has 9 aliphatic rings. The number of imidazole rings is 2. The lowest BCUT2D eigenvalue weighted by Crippen LogP contribution is -2.53. The summed E-state index contributed by atoms with van der Waals surface area (Å²) in [4.78, 5) is 129. The van der Waals surface area contributed by atoms with Gasteiger partial charge in [-0.3, -0.25) is 14.6 Å². The van der Waals surface area contributed by atoms with E-state index in [0.29, 0.717) is 73.9 Å². The molecular weight excluding hydrogens is 1770 g/mol. The highest BCUT2D eigenvalue weighted by Gasteiger charge is 2.38. The average Bonchev–Trinajstić information content (AvgIpc) is 0.796. The number of aromatic nitrogens is 7. The summed E-state index contributed by atoms with van der Waals surface area (Å²) in [5.74, 6) is -1.13. The van der Waals surface area contributed by atoms with Gasteiger partial charge in [-0.1, -0.05) is 148 Å². The number of morpholine rings is 2. The molecule has 9 N–H and O–H groups in total. The molecular formula is C81H76Cl9N17O13Si. The molecule has 7 aromatic carbocycles. The number of piperidine rings is 6. The van der Waals surface area contributed by atoms with Crippen molar-refractivity contribution < 1.29 is 42.9 Å². The highest BCUT2D eigenvalue weighted by atomic mass is 35.5. The molecule has 5 aromatic heterocycles. The Morgan fingerprint density at radius 1 is 0.545 bits per heavy atom. The number of pyridine rings is 2. The Kier molecular flexibility index (Phi) is 29.1. The summed E-state index contributed by atoms with van der Waals surface area (Å²) in [5, 5.41) is 24.1. The highest BCUT2D eigenvalue weighted by molar-refractivity contribution is 6.74. The van der Waals surface area contributed by atoms with Gasteiger partial charge in [-0.25, -0.2) is 38.7 Å². The molecule has 40 heteroatoms. The Labute approximate surface area is 734 Å². The van der Waals surface area contributed by atoms with Crippen LogP contribution in [0.3, 0.4) is 0 Å². The van der Waals surface area contributed by atoms with Crippen molar-refractivity contribution in [2.45, 2.75) is 57.4 Å². The van der Waals surface area contributed by atoms with Gasteiger partial charge in [0.05, 0.1) is 155 Å². The van der Waals surface area contributed by atoms with Crippen LogP contribution >= 0.6 is 104 Å². The van der Waals surface area contributed by atoms with E-state index in [0.717, 1.165) is 140 Å². The normalized spacial score (nSPS) is 18.7. The van der Waals surface area contributed by atoms with Crippen molar-refractivity contribution in [3.05, 3.63) is 223 Å². The van der Waals surface area contributed by atoms with E-state index in [1.54, 1.807) is 6.07 Å². The van der Waals surface area contributed by atoms with Crippen LogP contribution < -0.4 is 43.4 Å². The van der Waals surface area contributed by atoms with Crippen molar-refractivity contribution in [1.82, 2.24) is 50.0 Å². The minimum absolute atomic E-state index is 0.0677. The number of aromatic amines is 5. The van der Waals surface area contributed by atoms with Gasteiger partial charge in [0, 0.05) is 62.1 Å². The average molecular weight is 1840 g/mol. The van der Waals surface area contributed by atoms with E-state index in [2.05, 4.69) is 79.4 Å². The summed E-state index contributed by atoms with van der Waals surface area (Å²) in [5.41, 5.74) is 15.6. The number of anilines is 3. The van der Waals surface area contributed by atoms with Gasteiger partial charge in [0.15, 0.2) is 0 Å². The van der Waals surface area contributed by atoms with Crippen LogP contribution in [0.1, 0.15) is 56.8 Å². The van der Waals surface area contributed by atoms with Crippen LogP contribution in [0.2, 0.25) is 64.8 Å². The van der Waals surface area contributed by atoms with Gasteiger partial charge in [0.25, 0.3) is 11.1 Å². The fraction of sp³-hybridized carbons (Fsp3) is 0.309. The molecule has 630 valence electrons. The van der Waals surface area contributed by atoms with Gasteiger partial charge >= 0.3 is 29.3 Å². The first-order valence-electron chi connectivity index (χ1n) is 38.1. The molecule has 2 atom stereocenters. The molecule has 121 heavy (non-hydrogen) atoms. The third-order valence-electron chi connectivity index (χ3n) is 20.7. The Morgan fingerprint density at radius 2 is 0.983 bits per heavy atom. The second-order valence-electron chi connectivity index (χ2n) is 29.8. The minimum atomic E-state index is -1.45. The fourth-order valence-corrected chi connectivity index (χ4v) is 16.7. The number of aromatic carboxylic acids is 1. The van der Waals surface area contributed by atoms with Crippen molar-refractivity contribution >= 4 is 214 Å². The first-order chi connectivity index (χ1) is 58.0. The van der Waals surface area contributed by atoms with Crippen LogP contribution in [0, 0.1) is 11.8 Å². The second kappa shape index (κ2) is 39.6. The molecule has 4 bridgehead atoms. The summed E-state index contributed by atoms with van der Waals surface area (Å²) >= 11 is 53.4. The number of carbonyl (C=O) groups is 3. The Hall–Kier alpha value is -9.83. The molecule has 30 nitrogen and oxygen atoms in total. The number of halogens is 9. The standard InChI is InChI=1S/C27H29ClN6O2.C23H21Cl2N5O.2C8H3Cl2NO3.C8H2Cl2O3.C4H9NO.C3H9N3Si/c28-18-13-17-21(14-23(18)34-9-11-36-12-10-34)32-27(35)24(26-30-19-3-1-2-4-20(19)31-26)25(17)29-22-15-33-7-5-16(22)6-8-33;24-14-9-13-18(10-15(14)25)29-23(31)20(22-27-16-3-1-2-4-17(16)28-22)21(13)26-19-11-30-7-5-12(19)6-8-30;9-4-1-3-6(2-5(4)10)11-8(13)14-7(3)12;9-5-1-4(8(13)14)7(11-3-12)2-6(5)10;9-5-1-3-4(2-6(5)10)8(12)13-7(3)11;1-3-6-4-2-5-1;1-7(2,3)6-5-4/h1-4,13-14,16,22H,5-12,15H2,(H,30,31)(H2,29,32,35);1-4,9-10,12,19H,5-8,11H2,(H,27,28)(H2,26,29,31);1-2H,(H,11,13);1-2H,(H,13,14);1-2H;5H,1-4H2;1-3H3. The third-order valence-corrected chi connectivity index (χ3v) is 24.6. The molecule has 8 saturated heterocycles. The van der Waals surface area contributed by atoms with Gasteiger partial charge in [-0.2, -0.15) is 4.99 Å². The molecule has 0 aliphatic carbocycles. The zero-order valence-electron chi connectivity index (χ0n) is 64.7. The Bertz CT molecular complexity index is 6180. The number of fused-ring (bicyclic) bond motifs is 12. The van der Waals surface area contributed by atoms with E-state index in [1.165, 1.54) is 62.1 Å². The van der Waals surface area contributed by atoms with Gasteiger partial charge in [-0.05, 0) is 159 Å². The number of H-pyrrole nitrogens is 5. The quantitative estimate of drug-likeness (QED) is 0.00897. The number of esters is 2. The van der Waals surface area contributed by atoms with Gasteiger partial charge in [-0.15, -0.1) is 4.78 Å². The molecule has 12 aromatic rings. The van der Waals surface area contributed by atoms with Gasteiger partial charge in [0.2, 0.25) is 6.08 Å². The second-order valence-corrected chi connectivity index (χ2v) is 38.0. The molecule has 0 amide bonds. The molecule has 0 radical (unpaired) electrons. The molecule has 9 aliphatic heterocycles. The lowest BCUT2D eigenvalue weighted by molar-refractivity contribution is 0.0442. The van der Waals surface area contributed by atoms with E-state index in [1.807, 2.05) is 86.4 Å². The van der Waals surface area contributed by atoms with Crippen molar-refractivity contribution in [2.24, 2.45) is 21.6 Å². The predicted molar refractivity (Wildman–Crippen MR) is 477 cm³/mol. The van der Waals surface area contributed by atoms with Crippen molar-refractivity contribution in [3.8, 4) is 22.8 Å². The predicted octanol–water partition coefficient (Wildman–Crippen LogP) is 17.4. The number of benzene rings is 7. The number of carbonyl (C=O) groups excluding carboxylic acids is 3. The number of azide groups is 1. The SMILES string of the molecule is C1COCCN1.C[Si](C)(C)N=[N+]=[N-].O=C1OC(=O)c2cc(Cl)c(Cl)cc21.O=C=Nc1cc(Cl)c(Cl)cc1C(=O)O.O=c1[nH]c2cc(Cl)c(Cl)cc2c(=O)o1.O=c1[nH]c2cc(Cl)c(Cl)cc2c(NC2CN3CCC2CC3)c1-c1nc2ccccc2[nH]1.O=c1[nH]c2cc(N3CCOCC3)c(Cl)cc2c(NC2CN3CCC2CC3)c1-c1nc2ccccc2[nH]1. The van der Waals surface area contributed by atoms with E-state index in [9.17, 15) is 38.4 Å². The van der Waals surface area contributed by atoms with Crippen LogP contribution in [0.4, 0.5) is 22.7 Å². The summed E-state index contributed by atoms with van der Waals surface area (Å²) in [7, 11) is -1.45. The van der Waals surface area contributed by atoms with Crippen molar-refractivity contribution in [2.75, 3.05) is 107 Å². The van der Waals surface area contributed by atoms with Crippen LogP contribution in [-0.4, -0.2) is 186 Å². The van der Waals surface area contributed by atoms with E-state index in [4.69, 9.17) is 134 Å². The maximum Gasteiger partial charge on any atom is 0.419 e. The number of aliphatic imine (C=N–C) groups is 1. The number of nitrogens with one attached hydrogen (secondary N) is 8. The Morgan fingerprint density at radius 3 is 1.41 bits per heavy atom. The first kappa shape index (κ1) is 88.9. The van der Waals surface area contributed by atoms with Crippen molar-refractivity contribution in [1.29, 1.82) is 0 Å². The maximum absolute atomic E-state index is 13.7. The van der Waals surface area contributed by atoms with Crippen molar-refractivity contribution in [3.63, 3.8) is 0 Å². The molecule has 0 saturated carbocycles. The third kappa shape index (κ3) is 21.4. The molecule has 2 unspecified atom stereocenters. The van der Waals surface area contributed by atoms with Gasteiger partial charge in [0.1, 0.15) is 31.0 Å². The number of isocyanates is 1. The minimum Gasteiger partial charge on any atom is -0.478 e. The number of carboxylic acid groups (broad SMARTS) is 1. The van der Waals surface area contributed by atoms with Crippen LogP contribution in [0.5, 0.6) is 0 Å². The molecule has 14 heterocycles. The fourth-order valence-electron chi connectivity index (χ4n) is 14.8. The number of carboxylic acids is 1. The maximum atomic E-state index is 13.7. The molecule has 0 spiro atoms. The number of hydrogen-bond donors (Lipinski definition) is 9. The topological polar surface area (TPSA) is 409 Å². The monoisotopic (exact) mass is 1840 g/mol. The number of hydrogen-bond acceptors (Lipinski definition) is 22. The first-order valence-corrected chi connectivity index (χ1v) is 44.9. The lowest BCUT2D eigenvalue weighted by atomic mass is 9.83. The highest BCUT2D eigenvalue weighted by Crippen LogP contribution is 2.42. The lowest BCUT2D eigenvalue weighted by Gasteiger charge is -2.45. The Balaban J connectivity index is 0.000000133. The number of rotatable bonds is 10. The number of para-hydroxylation sites is 4. The number of cyclic esters (lactones) is 2. The van der Waals surface area contributed by atoms with Crippen LogP contribution in [0.25, 0.3) is 88.0 Å². The van der Waals surface area contributed by atoms with E-state index < -0.39 is 37.5 Å². The zero-order valence-corrected chi connectivity index (χ0v) is 72.5. The largest absolute Gasteiger partial charge is 0.478 e. The van der Waals surface area contributed by atoms with Crippen LogP contribution in [0.15, 0.2) is 143 Å².